The number of anilines is 3. The third kappa shape index (κ3) is 8.09. The molecule has 0 atom stereocenters. The minimum atomic E-state index is -0.464. The average molecular weight is 694 g/mol. The number of aromatic nitrogens is 1. The summed E-state index contributed by atoms with van der Waals surface area (Å²) in [7, 11) is 9.40. The van der Waals surface area contributed by atoms with Gasteiger partial charge in [-0.1, -0.05) is 0 Å². The van der Waals surface area contributed by atoms with Crippen LogP contribution in [-0.2, 0) is 11.3 Å². The Morgan fingerprint density at radius 1 is 0.922 bits per heavy atom. The standard InChI is InChI=1S/C39H47N7O5/c1-26-31(32-24-30(50-6)12-13-34(32)46(26)22-21-45-19-17-43(4)18-20-45)25-36-38(48)33-23-28(9-14-35(33)51-36)41-39(49)40-27-7-10-29(11-8-27)44(5)37(47)15-16-42(2)3/h7-14,23-25H,15-22H2,1-6H3,(H2,40,41,49). The SMILES string of the molecule is COc1ccc2c(c1)c(C=C1Oc3ccc(NC(=O)Nc4ccc(N(C)C(=O)CCN(C)C)cc4)cc3C1=O)c(C)n2CCN1CCN(C)CC1. The van der Waals surface area contributed by atoms with E-state index in [1.807, 2.05) is 37.2 Å². The fourth-order valence-corrected chi connectivity index (χ4v) is 6.49. The number of amides is 3. The molecule has 6 rings (SSSR count). The van der Waals surface area contributed by atoms with E-state index < -0.39 is 6.03 Å². The molecular formula is C39H47N7O5. The van der Waals surface area contributed by atoms with Crippen LogP contribution in [0.3, 0.4) is 0 Å². The van der Waals surface area contributed by atoms with E-state index in [0.29, 0.717) is 35.7 Å². The van der Waals surface area contributed by atoms with Gasteiger partial charge in [0.15, 0.2) is 5.76 Å². The molecule has 3 aromatic carbocycles. The molecule has 2 aliphatic heterocycles. The van der Waals surface area contributed by atoms with Crippen molar-refractivity contribution < 1.29 is 23.9 Å². The van der Waals surface area contributed by atoms with Crippen LogP contribution in [0.25, 0.3) is 17.0 Å². The summed E-state index contributed by atoms with van der Waals surface area (Å²) in [5.74, 6) is 1.15. The molecule has 3 amide bonds. The maximum Gasteiger partial charge on any atom is 0.323 e. The van der Waals surface area contributed by atoms with Crippen LogP contribution in [0.5, 0.6) is 11.5 Å². The van der Waals surface area contributed by atoms with Crippen molar-refractivity contribution in [3.05, 3.63) is 83.2 Å². The highest BCUT2D eigenvalue weighted by atomic mass is 16.5. The average Bonchev–Trinajstić information content (AvgIpc) is 3.57. The minimum absolute atomic E-state index is 0.00845. The van der Waals surface area contributed by atoms with Crippen LogP contribution in [0.1, 0.15) is 28.0 Å². The number of ether oxygens (including phenoxy) is 2. The fourth-order valence-electron chi connectivity index (χ4n) is 6.49. The summed E-state index contributed by atoms with van der Waals surface area (Å²) >= 11 is 0. The van der Waals surface area contributed by atoms with Gasteiger partial charge in [-0.2, -0.15) is 0 Å². The van der Waals surface area contributed by atoms with Gasteiger partial charge in [-0.3, -0.25) is 14.5 Å². The van der Waals surface area contributed by atoms with Crippen molar-refractivity contribution >= 4 is 51.8 Å². The van der Waals surface area contributed by atoms with Crippen molar-refractivity contribution in [3.8, 4) is 11.5 Å². The number of likely N-dealkylation sites (N-methyl/N-ethyl adjacent to an activating group) is 1. The number of nitrogens with zero attached hydrogens (tertiary/aromatic N) is 5. The normalized spacial score (nSPS) is 15.7. The maximum absolute atomic E-state index is 13.7. The van der Waals surface area contributed by atoms with Gasteiger partial charge >= 0.3 is 6.03 Å². The molecule has 2 aliphatic rings. The summed E-state index contributed by atoms with van der Waals surface area (Å²) in [6.45, 7) is 8.73. The summed E-state index contributed by atoms with van der Waals surface area (Å²) in [6, 6.07) is 17.6. The molecule has 0 saturated carbocycles. The van der Waals surface area contributed by atoms with Crippen molar-refractivity contribution in [2.75, 3.05) is 90.1 Å². The Hall–Kier alpha value is -5.17. The number of urea groups is 1. The first-order chi connectivity index (χ1) is 24.5. The van der Waals surface area contributed by atoms with Crippen LogP contribution in [0.4, 0.5) is 21.9 Å². The highest BCUT2D eigenvalue weighted by molar-refractivity contribution is 6.16. The number of allylic oxidation sites excluding steroid dienone is 1. The molecule has 0 aliphatic carbocycles. The quantitative estimate of drug-likeness (QED) is 0.202. The lowest BCUT2D eigenvalue weighted by Gasteiger charge is -2.32. The monoisotopic (exact) mass is 693 g/mol. The molecule has 51 heavy (non-hydrogen) atoms. The molecule has 2 N–H and O–H groups in total. The Morgan fingerprint density at radius 2 is 1.63 bits per heavy atom. The van der Waals surface area contributed by atoms with Crippen molar-refractivity contribution in [1.82, 2.24) is 19.3 Å². The topological polar surface area (TPSA) is 112 Å². The van der Waals surface area contributed by atoms with Crippen molar-refractivity contribution in [3.63, 3.8) is 0 Å². The lowest BCUT2D eigenvalue weighted by molar-refractivity contribution is -0.118. The Bertz CT molecular complexity index is 1960. The zero-order valence-electron chi connectivity index (χ0n) is 30.3. The van der Waals surface area contributed by atoms with Gasteiger partial charge in [0.1, 0.15) is 11.5 Å². The van der Waals surface area contributed by atoms with Crippen molar-refractivity contribution in [2.24, 2.45) is 0 Å². The second kappa shape index (κ2) is 15.4. The molecule has 0 radical (unpaired) electrons. The molecule has 3 heterocycles. The molecule has 1 saturated heterocycles. The third-order valence-corrected chi connectivity index (χ3v) is 9.68. The summed E-state index contributed by atoms with van der Waals surface area (Å²) < 4.78 is 14.0. The Morgan fingerprint density at radius 3 is 2.33 bits per heavy atom. The van der Waals surface area contributed by atoms with Gasteiger partial charge in [0.05, 0.1) is 12.7 Å². The molecule has 1 aromatic heterocycles. The first kappa shape index (κ1) is 35.6. The molecule has 0 unspecified atom stereocenters. The van der Waals surface area contributed by atoms with E-state index in [0.717, 1.165) is 72.9 Å². The highest BCUT2D eigenvalue weighted by Gasteiger charge is 2.29. The number of ketones is 1. The summed E-state index contributed by atoms with van der Waals surface area (Å²) in [4.78, 5) is 47.5. The number of benzene rings is 3. The van der Waals surface area contributed by atoms with Crippen molar-refractivity contribution in [2.45, 2.75) is 19.9 Å². The number of carbonyl (C=O) groups is 3. The van der Waals surface area contributed by atoms with Crippen molar-refractivity contribution in [1.29, 1.82) is 0 Å². The number of fused-ring (bicyclic) bond motifs is 2. The Balaban J connectivity index is 1.14. The largest absolute Gasteiger partial charge is 0.497 e. The van der Waals surface area contributed by atoms with Gasteiger partial charge in [-0.05, 0) is 94.8 Å². The van der Waals surface area contributed by atoms with Crippen LogP contribution < -0.4 is 25.0 Å². The number of nitrogens with one attached hydrogen (secondary N) is 2. The smallest absolute Gasteiger partial charge is 0.323 e. The molecule has 4 aromatic rings. The van der Waals surface area contributed by atoms with E-state index in [1.165, 1.54) is 0 Å². The maximum atomic E-state index is 13.7. The third-order valence-electron chi connectivity index (χ3n) is 9.68. The predicted molar refractivity (Wildman–Crippen MR) is 202 cm³/mol. The first-order valence-corrected chi connectivity index (χ1v) is 17.3. The number of hydrogen-bond donors (Lipinski definition) is 2. The molecular weight excluding hydrogens is 646 g/mol. The van der Waals surface area contributed by atoms with Gasteiger partial charge in [0.25, 0.3) is 0 Å². The second-order valence-electron chi connectivity index (χ2n) is 13.5. The molecule has 12 heteroatoms. The molecule has 0 bridgehead atoms. The summed E-state index contributed by atoms with van der Waals surface area (Å²) in [6.07, 6.45) is 2.23. The lowest BCUT2D eigenvalue weighted by Crippen LogP contribution is -2.45. The zero-order chi connectivity index (χ0) is 36.2. The van der Waals surface area contributed by atoms with E-state index in [1.54, 1.807) is 61.5 Å². The number of Topliss-reactive ketones (excluding diaryl/α,β-unsaturated/α-hetero) is 1. The minimum Gasteiger partial charge on any atom is -0.497 e. The molecule has 1 fully saturated rings. The van der Waals surface area contributed by atoms with Gasteiger partial charge in [-0.15, -0.1) is 0 Å². The Kier molecular flexibility index (Phi) is 10.8. The highest BCUT2D eigenvalue weighted by Crippen LogP contribution is 2.37. The summed E-state index contributed by atoms with van der Waals surface area (Å²) in [5.41, 5.74) is 5.15. The van der Waals surface area contributed by atoms with E-state index >= 15 is 0 Å². The van der Waals surface area contributed by atoms with E-state index in [2.05, 4.69) is 45.0 Å². The van der Waals surface area contributed by atoms with E-state index in [-0.39, 0.29) is 17.4 Å². The molecule has 0 spiro atoms. The number of methoxy groups -OCH3 is 1. The number of hydrogen-bond acceptors (Lipinski definition) is 8. The number of rotatable bonds is 11. The van der Waals surface area contributed by atoms with E-state index in [4.69, 9.17) is 9.47 Å². The molecule has 12 nitrogen and oxygen atoms in total. The zero-order valence-corrected chi connectivity index (χ0v) is 30.3. The van der Waals surface area contributed by atoms with Crippen LogP contribution >= 0.6 is 0 Å². The van der Waals surface area contributed by atoms with Crippen LogP contribution in [0, 0.1) is 6.92 Å². The fraction of sp³-hybridized carbons (Fsp3) is 0.359. The Labute approximate surface area is 299 Å². The number of carbonyl (C=O) groups excluding carboxylic acids is 3. The van der Waals surface area contributed by atoms with Crippen LogP contribution in [0.2, 0.25) is 0 Å². The predicted octanol–water partition coefficient (Wildman–Crippen LogP) is 5.38. The van der Waals surface area contributed by atoms with Crippen LogP contribution in [-0.4, -0.2) is 112 Å². The number of piperazine rings is 1. The second-order valence-corrected chi connectivity index (χ2v) is 13.5. The van der Waals surface area contributed by atoms with E-state index in [9.17, 15) is 14.4 Å². The van der Waals surface area contributed by atoms with Gasteiger partial charge in [-0.25, -0.2) is 4.79 Å². The van der Waals surface area contributed by atoms with Gasteiger partial charge < -0.3 is 39.4 Å². The summed E-state index contributed by atoms with van der Waals surface area (Å²) in [5, 5.41) is 6.61. The molecule has 268 valence electrons. The van der Waals surface area contributed by atoms with Gasteiger partial charge in [0.2, 0.25) is 11.7 Å². The first-order valence-electron chi connectivity index (χ1n) is 17.3. The lowest BCUT2D eigenvalue weighted by atomic mass is 10.1. The van der Waals surface area contributed by atoms with Crippen LogP contribution in [0.15, 0.2) is 66.4 Å². The van der Waals surface area contributed by atoms with Gasteiger partial charge in [0, 0.05) is 98.5 Å².